The van der Waals surface area contributed by atoms with Crippen LogP contribution in [-0.2, 0) is 4.79 Å². The zero-order chi connectivity index (χ0) is 15.1. The first-order valence-electron chi connectivity index (χ1n) is 6.90. The molecule has 0 fully saturated rings. The van der Waals surface area contributed by atoms with Crippen LogP contribution < -0.4 is 10.6 Å². The maximum atomic E-state index is 11.5. The number of amides is 2. The standard InChI is InChI=1S/C14H28N2O3/c1-6-10(2)8-15-13(19)16-9-11(12(17)18)7-14(3,4)5/h10-11H,6-9H2,1-5H3,(H,17,18)(H2,15,16,19). The highest BCUT2D eigenvalue weighted by atomic mass is 16.4. The molecule has 0 saturated carbocycles. The van der Waals surface area contributed by atoms with Gasteiger partial charge in [0.15, 0.2) is 0 Å². The van der Waals surface area contributed by atoms with Crippen LogP contribution in [0, 0.1) is 17.3 Å². The van der Waals surface area contributed by atoms with Gasteiger partial charge in [-0.15, -0.1) is 0 Å². The second-order valence-electron chi connectivity index (χ2n) is 6.40. The van der Waals surface area contributed by atoms with Crippen molar-refractivity contribution in [2.75, 3.05) is 13.1 Å². The molecule has 2 atom stereocenters. The molecule has 5 heteroatoms. The van der Waals surface area contributed by atoms with E-state index in [1.807, 2.05) is 20.8 Å². The van der Waals surface area contributed by atoms with Crippen molar-refractivity contribution < 1.29 is 14.7 Å². The lowest BCUT2D eigenvalue weighted by atomic mass is 9.84. The first-order chi connectivity index (χ1) is 8.65. The summed E-state index contributed by atoms with van der Waals surface area (Å²) in [6.07, 6.45) is 1.54. The quantitative estimate of drug-likeness (QED) is 0.666. The van der Waals surface area contributed by atoms with E-state index in [0.29, 0.717) is 18.9 Å². The van der Waals surface area contributed by atoms with E-state index in [9.17, 15) is 9.59 Å². The van der Waals surface area contributed by atoms with E-state index in [1.54, 1.807) is 0 Å². The molecule has 5 nitrogen and oxygen atoms in total. The number of carbonyl (C=O) groups excluding carboxylic acids is 1. The third-order valence-electron chi connectivity index (χ3n) is 3.03. The van der Waals surface area contributed by atoms with Crippen LogP contribution in [0.3, 0.4) is 0 Å². The van der Waals surface area contributed by atoms with Gasteiger partial charge in [0.25, 0.3) is 0 Å². The van der Waals surface area contributed by atoms with Gasteiger partial charge in [0.2, 0.25) is 0 Å². The van der Waals surface area contributed by atoms with Gasteiger partial charge in [0.05, 0.1) is 5.92 Å². The molecule has 0 aliphatic carbocycles. The topological polar surface area (TPSA) is 78.4 Å². The third-order valence-corrected chi connectivity index (χ3v) is 3.03. The Balaban J connectivity index is 4.11. The Bertz CT molecular complexity index is 298. The molecule has 0 rings (SSSR count). The number of hydrogen-bond donors (Lipinski definition) is 3. The average molecular weight is 272 g/mol. The van der Waals surface area contributed by atoms with Gasteiger partial charge < -0.3 is 15.7 Å². The molecule has 0 aromatic heterocycles. The fourth-order valence-electron chi connectivity index (χ4n) is 1.68. The molecule has 0 spiro atoms. The fourth-order valence-corrected chi connectivity index (χ4v) is 1.68. The van der Waals surface area contributed by atoms with Crippen LogP contribution in [0.1, 0.15) is 47.5 Å². The fraction of sp³-hybridized carbons (Fsp3) is 0.857. The average Bonchev–Trinajstić information content (AvgIpc) is 2.29. The van der Waals surface area contributed by atoms with Gasteiger partial charge in [-0.3, -0.25) is 4.79 Å². The minimum Gasteiger partial charge on any atom is -0.481 e. The van der Waals surface area contributed by atoms with Crippen molar-refractivity contribution in [1.29, 1.82) is 0 Å². The lowest BCUT2D eigenvalue weighted by Crippen LogP contribution is -2.42. The number of carboxylic acids is 1. The largest absolute Gasteiger partial charge is 0.481 e. The van der Waals surface area contributed by atoms with Crippen LogP contribution in [0.5, 0.6) is 0 Å². The van der Waals surface area contributed by atoms with Crippen LogP contribution in [-0.4, -0.2) is 30.2 Å². The molecule has 112 valence electrons. The normalized spacial score (nSPS) is 14.6. The van der Waals surface area contributed by atoms with E-state index in [2.05, 4.69) is 24.5 Å². The van der Waals surface area contributed by atoms with Crippen molar-refractivity contribution in [3.63, 3.8) is 0 Å². The highest BCUT2D eigenvalue weighted by Gasteiger charge is 2.24. The number of aliphatic carboxylic acids is 1. The molecule has 0 heterocycles. The van der Waals surface area contributed by atoms with Crippen LogP contribution in [0.4, 0.5) is 4.79 Å². The Morgan fingerprint density at radius 3 is 2.11 bits per heavy atom. The Morgan fingerprint density at radius 1 is 1.16 bits per heavy atom. The Labute approximate surface area is 116 Å². The van der Waals surface area contributed by atoms with E-state index in [1.165, 1.54) is 0 Å². The van der Waals surface area contributed by atoms with Crippen molar-refractivity contribution in [1.82, 2.24) is 10.6 Å². The van der Waals surface area contributed by atoms with Gasteiger partial charge in [-0.05, 0) is 17.8 Å². The summed E-state index contributed by atoms with van der Waals surface area (Å²) in [7, 11) is 0. The van der Waals surface area contributed by atoms with Crippen molar-refractivity contribution in [3.8, 4) is 0 Å². The highest BCUT2D eigenvalue weighted by molar-refractivity contribution is 5.75. The molecule has 3 N–H and O–H groups in total. The summed E-state index contributed by atoms with van der Waals surface area (Å²) in [5.41, 5.74) is -0.0715. The van der Waals surface area contributed by atoms with E-state index in [-0.39, 0.29) is 18.0 Å². The highest BCUT2D eigenvalue weighted by Crippen LogP contribution is 2.24. The molecule has 0 radical (unpaired) electrons. The van der Waals surface area contributed by atoms with Crippen molar-refractivity contribution in [3.05, 3.63) is 0 Å². The van der Waals surface area contributed by atoms with Gasteiger partial charge in [0.1, 0.15) is 0 Å². The summed E-state index contributed by atoms with van der Waals surface area (Å²) in [5.74, 6) is -0.984. The molecular weight excluding hydrogens is 244 g/mol. The van der Waals surface area contributed by atoms with E-state index < -0.39 is 11.9 Å². The summed E-state index contributed by atoms with van der Waals surface area (Å²) in [5, 5.41) is 14.5. The lowest BCUT2D eigenvalue weighted by molar-refractivity contribution is -0.142. The maximum absolute atomic E-state index is 11.5. The van der Waals surface area contributed by atoms with Gasteiger partial charge >= 0.3 is 12.0 Å². The van der Waals surface area contributed by atoms with Gasteiger partial charge in [-0.1, -0.05) is 41.0 Å². The maximum Gasteiger partial charge on any atom is 0.314 e. The SMILES string of the molecule is CCC(C)CNC(=O)NCC(CC(C)(C)C)C(=O)O. The summed E-state index contributed by atoms with van der Waals surface area (Å²) < 4.78 is 0. The van der Waals surface area contributed by atoms with Gasteiger partial charge in [-0.25, -0.2) is 4.79 Å². The molecule has 0 aromatic carbocycles. The minimum atomic E-state index is -0.864. The van der Waals surface area contributed by atoms with Crippen LogP contribution in [0.25, 0.3) is 0 Å². The molecule has 0 aliphatic heterocycles. The lowest BCUT2D eigenvalue weighted by Gasteiger charge is -2.23. The molecule has 19 heavy (non-hydrogen) atoms. The first kappa shape index (κ1) is 17.7. The van der Waals surface area contributed by atoms with E-state index in [0.717, 1.165) is 6.42 Å². The van der Waals surface area contributed by atoms with Gasteiger partial charge in [-0.2, -0.15) is 0 Å². The summed E-state index contributed by atoms with van der Waals surface area (Å²) in [6, 6.07) is -0.291. The van der Waals surface area contributed by atoms with Crippen LogP contribution in [0.2, 0.25) is 0 Å². The first-order valence-corrected chi connectivity index (χ1v) is 6.90. The summed E-state index contributed by atoms with van der Waals surface area (Å²) in [4.78, 5) is 22.7. The summed E-state index contributed by atoms with van der Waals surface area (Å²) in [6.45, 7) is 10.9. The number of rotatable bonds is 7. The van der Waals surface area contributed by atoms with Crippen LogP contribution in [0.15, 0.2) is 0 Å². The van der Waals surface area contributed by atoms with Crippen molar-refractivity contribution >= 4 is 12.0 Å². The predicted octanol–water partition coefficient (Wildman–Crippen LogP) is 2.47. The molecule has 0 aromatic rings. The van der Waals surface area contributed by atoms with E-state index in [4.69, 9.17) is 5.11 Å². The molecular formula is C14H28N2O3. The van der Waals surface area contributed by atoms with Crippen molar-refractivity contribution in [2.45, 2.75) is 47.5 Å². The number of hydrogen-bond acceptors (Lipinski definition) is 2. The molecule has 2 amide bonds. The zero-order valence-electron chi connectivity index (χ0n) is 12.7. The van der Waals surface area contributed by atoms with Crippen LogP contribution >= 0.6 is 0 Å². The number of carbonyl (C=O) groups is 2. The number of urea groups is 1. The second-order valence-corrected chi connectivity index (χ2v) is 6.40. The van der Waals surface area contributed by atoms with Crippen molar-refractivity contribution in [2.24, 2.45) is 17.3 Å². The second kappa shape index (κ2) is 8.02. The van der Waals surface area contributed by atoms with Gasteiger partial charge in [0, 0.05) is 13.1 Å². The number of carboxylic acid groups (broad SMARTS) is 1. The molecule has 0 aliphatic rings. The number of nitrogens with one attached hydrogen (secondary N) is 2. The third kappa shape index (κ3) is 9.33. The predicted molar refractivity (Wildman–Crippen MR) is 76.1 cm³/mol. The molecule has 2 unspecified atom stereocenters. The zero-order valence-corrected chi connectivity index (χ0v) is 12.7. The smallest absolute Gasteiger partial charge is 0.314 e. The minimum absolute atomic E-state index is 0.0715. The Kier molecular flexibility index (Phi) is 7.49. The monoisotopic (exact) mass is 272 g/mol. The summed E-state index contributed by atoms with van der Waals surface area (Å²) >= 11 is 0. The Hall–Kier alpha value is -1.26. The molecule has 0 bridgehead atoms. The van der Waals surface area contributed by atoms with E-state index >= 15 is 0 Å². The molecule has 0 saturated heterocycles. The Morgan fingerprint density at radius 2 is 1.68 bits per heavy atom.